The Labute approximate surface area is 144 Å². The molecule has 0 aromatic heterocycles. The highest BCUT2D eigenvalue weighted by Gasteiger charge is 2.23. The van der Waals surface area contributed by atoms with Crippen molar-refractivity contribution in [2.75, 3.05) is 31.1 Å². The van der Waals surface area contributed by atoms with Crippen molar-refractivity contribution in [3.8, 4) is 5.75 Å². The highest BCUT2D eigenvalue weighted by atomic mass is 35.5. The van der Waals surface area contributed by atoms with Crippen molar-refractivity contribution in [3.63, 3.8) is 0 Å². The summed E-state index contributed by atoms with van der Waals surface area (Å²) in [6, 6.07) is 10.1. The summed E-state index contributed by atoms with van der Waals surface area (Å²) >= 11 is 12.0. The van der Waals surface area contributed by atoms with Crippen LogP contribution in [0.2, 0.25) is 10.0 Å². The third-order valence-corrected chi connectivity index (χ3v) is 4.72. The molecule has 0 unspecified atom stereocenters. The minimum absolute atomic E-state index is 0.0973. The molecule has 1 aliphatic rings. The molecule has 0 bridgehead atoms. The zero-order valence-corrected chi connectivity index (χ0v) is 14.0. The molecule has 3 rings (SSSR count). The first-order valence-electron chi connectivity index (χ1n) is 7.54. The number of benzene rings is 2. The molecule has 0 aliphatic carbocycles. The van der Waals surface area contributed by atoms with E-state index in [0.29, 0.717) is 17.3 Å². The summed E-state index contributed by atoms with van der Waals surface area (Å²) < 4.78 is 13.8. The maximum Gasteiger partial charge on any atom is 0.146 e. The summed E-state index contributed by atoms with van der Waals surface area (Å²) in [5.74, 6) is -0.0877. The van der Waals surface area contributed by atoms with Crippen molar-refractivity contribution in [1.82, 2.24) is 0 Å². The molecule has 1 saturated heterocycles. The Kier molecular flexibility index (Phi) is 4.95. The van der Waals surface area contributed by atoms with Gasteiger partial charge in [-0.25, -0.2) is 4.39 Å². The Morgan fingerprint density at radius 1 is 1.13 bits per heavy atom. The SMILES string of the molecule is Oc1c(Cl)cc(Cl)cc1C[NH+]1CCN(c2ccccc2F)CC1. The minimum Gasteiger partial charge on any atom is -0.506 e. The standard InChI is InChI=1S/C17H17Cl2FN2O/c18-13-9-12(17(23)14(19)10-13)11-21-5-7-22(8-6-21)16-4-2-1-3-15(16)20/h1-4,9-10,23H,5-8,11H2/p+1. The van der Waals surface area contributed by atoms with Gasteiger partial charge in [-0.3, -0.25) is 0 Å². The number of hydrogen-bond donors (Lipinski definition) is 2. The molecule has 1 heterocycles. The number of quaternary nitrogens is 1. The van der Waals surface area contributed by atoms with Crippen LogP contribution in [0.25, 0.3) is 0 Å². The summed E-state index contributed by atoms with van der Waals surface area (Å²) in [6.45, 7) is 3.91. The van der Waals surface area contributed by atoms with Gasteiger partial charge in [0.2, 0.25) is 0 Å². The van der Waals surface area contributed by atoms with Crippen LogP contribution in [-0.2, 0) is 6.54 Å². The Morgan fingerprint density at radius 3 is 2.52 bits per heavy atom. The predicted molar refractivity (Wildman–Crippen MR) is 91.1 cm³/mol. The van der Waals surface area contributed by atoms with Crippen LogP contribution in [0.5, 0.6) is 5.75 Å². The summed E-state index contributed by atoms with van der Waals surface area (Å²) in [5, 5.41) is 10.9. The molecule has 2 N–H and O–H groups in total. The van der Waals surface area contributed by atoms with Crippen molar-refractivity contribution >= 4 is 28.9 Å². The number of phenols is 1. The van der Waals surface area contributed by atoms with Crippen molar-refractivity contribution in [1.29, 1.82) is 0 Å². The average molecular weight is 356 g/mol. The zero-order valence-electron chi connectivity index (χ0n) is 12.5. The van der Waals surface area contributed by atoms with Gasteiger partial charge in [0, 0.05) is 5.02 Å². The number of piperazine rings is 1. The molecule has 0 radical (unpaired) electrons. The summed E-state index contributed by atoms with van der Waals surface area (Å²) in [4.78, 5) is 3.37. The van der Waals surface area contributed by atoms with Gasteiger partial charge in [0.1, 0.15) is 18.1 Å². The lowest BCUT2D eigenvalue weighted by Crippen LogP contribution is -3.13. The van der Waals surface area contributed by atoms with Gasteiger partial charge in [-0.05, 0) is 24.3 Å². The first kappa shape index (κ1) is 16.4. The van der Waals surface area contributed by atoms with E-state index in [-0.39, 0.29) is 16.6 Å². The number of halogens is 3. The van der Waals surface area contributed by atoms with Crippen LogP contribution in [0.15, 0.2) is 36.4 Å². The Morgan fingerprint density at radius 2 is 1.83 bits per heavy atom. The van der Waals surface area contributed by atoms with Gasteiger partial charge in [-0.1, -0.05) is 35.3 Å². The fraction of sp³-hybridized carbons (Fsp3) is 0.294. The number of para-hydroxylation sites is 1. The molecular formula is C17H18Cl2FN2O+. The number of phenolic OH excluding ortho intramolecular Hbond substituents is 1. The summed E-state index contributed by atoms with van der Waals surface area (Å²) in [5.41, 5.74) is 1.40. The first-order chi connectivity index (χ1) is 11.0. The van der Waals surface area contributed by atoms with E-state index in [9.17, 15) is 9.50 Å². The van der Waals surface area contributed by atoms with Gasteiger partial charge in [0.25, 0.3) is 0 Å². The number of hydrogen-bond acceptors (Lipinski definition) is 2. The molecule has 122 valence electrons. The lowest BCUT2D eigenvalue weighted by Gasteiger charge is -2.34. The molecule has 2 aromatic rings. The lowest BCUT2D eigenvalue weighted by molar-refractivity contribution is -0.914. The number of nitrogens with zero attached hydrogens (tertiary/aromatic N) is 1. The largest absolute Gasteiger partial charge is 0.506 e. The van der Waals surface area contributed by atoms with Crippen molar-refractivity contribution in [3.05, 3.63) is 57.8 Å². The molecular weight excluding hydrogens is 338 g/mol. The summed E-state index contributed by atoms with van der Waals surface area (Å²) in [6.07, 6.45) is 0. The van der Waals surface area contributed by atoms with E-state index in [1.807, 2.05) is 12.1 Å². The molecule has 6 heteroatoms. The Bertz CT molecular complexity index is 703. The number of anilines is 1. The molecule has 0 spiro atoms. The second-order valence-electron chi connectivity index (χ2n) is 5.76. The normalized spacial score (nSPS) is 15.9. The van der Waals surface area contributed by atoms with Crippen LogP contribution in [0.1, 0.15) is 5.56 Å². The molecule has 0 atom stereocenters. The van der Waals surface area contributed by atoms with Crippen LogP contribution in [0.4, 0.5) is 10.1 Å². The predicted octanol–water partition coefficient (Wildman–Crippen LogP) is 2.74. The third-order valence-electron chi connectivity index (χ3n) is 4.21. The fourth-order valence-corrected chi connectivity index (χ4v) is 3.51. The van der Waals surface area contributed by atoms with Gasteiger partial charge in [-0.15, -0.1) is 0 Å². The van der Waals surface area contributed by atoms with Crippen molar-refractivity contribution in [2.45, 2.75) is 6.54 Å². The third kappa shape index (κ3) is 3.71. The number of rotatable bonds is 3. The fourth-order valence-electron chi connectivity index (χ4n) is 2.97. The second-order valence-corrected chi connectivity index (χ2v) is 6.60. The molecule has 2 aromatic carbocycles. The number of aromatic hydroxyl groups is 1. The maximum absolute atomic E-state index is 13.8. The summed E-state index contributed by atoms with van der Waals surface area (Å²) in [7, 11) is 0. The molecule has 23 heavy (non-hydrogen) atoms. The van der Waals surface area contributed by atoms with Crippen molar-refractivity contribution < 1.29 is 14.4 Å². The quantitative estimate of drug-likeness (QED) is 0.885. The van der Waals surface area contributed by atoms with Gasteiger partial charge in [0.05, 0.1) is 42.5 Å². The highest BCUT2D eigenvalue weighted by Crippen LogP contribution is 2.30. The van der Waals surface area contributed by atoms with Crippen LogP contribution in [0.3, 0.4) is 0 Å². The van der Waals surface area contributed by atoms with Crippen molar-refractivity contribution in [2.24, 2.45) is 0 Å². The Balaban J connectivity index is 1.65. The van der Waals surface area contributed by atoms with E-state index in [0.717, 1.165) is 31.7 Å². The van der Waals surface area contributed by atoms with E-state index < -0.39 is 0 Å². The topological polar surface area (TPSA) is 27.9 Å². The van der Waals surface area contributed by atoms with Crippen LogP contribution in [-0.4, -0.2) is 31.3 Å². The van der Waals surface area contributed by atoms with Crippen LogP contribution < -0.4 is 9.80 Å². The first-order valence-corrected chi connectivity index (χ1v) is 8.30. The maximum atomic E-state index is 13.8. The zero-order chi connectivity index (χ0) is 16.4. The highest BCUT2D eigenvalue weighted by molar-refractivity contribution is 6.35. The molecule has 1 aliphatic heterocycles. The molecule has 0 saturated carbocycles. The van der Waals surface area contributed by atoms with E-state index >= 15 is 0 Å². The van der Waals surface area contributed by atoms with Crippen LogP contribution in [0, 0.1) is 5.82 Å². The second kappa shape index (κ2) is 6.95. The lowest BCUT2D eigenvalue weighted by atomic mass is 10.1. The number of nitrogens with one attached hydrogen (secondary N) is 1. The minimum atomic E-state index is -0.185. The van der Waals surface area contributed by atoms with Gasteiger partial charge in [-0.2, -0.15) is 0 Å². The van der Waals surface area contributed by atoms with Crippen LogP contribution >= 0.6 is 23.2 Å². The molecule has 1 fully saturated rings. The van der Waals surface area contributed by atoms with Gasteiger partial charge in [0.15, 0.2) is 0 Å². The van der Waals surface area contributed by atoms with E-state index in [4.69, 9.17) is 23.2 Å². The molecule has 3 nitrogen and oxygen atoms in total. The monoisotopic (exact) mass is 355 g/mol. The average Bonchev–Trinajstić information content (AvgIpc) is 2.53. The van der Waals surface area contributed by atoms with Gasteiger partial charge >= 0.3 is 0 Å². The van der Waals surface area contributed by atoms with Gasteiger partial charge < -0.3 is 14.9 Å². The van der Waals surface area contributed by atoms with E-state index in [2.05, 4.69) is 4.90 Å². The van der Waals surface area contributed by atoms with E-state index in [1.165, 1.54) is 17.0 Å². The van der Waals surface area contributed by atoms with E-state index in [1.54, 1.807) is 12.1 Å². The Hall–Kier alpha value is -1.49. The molecule has 0 amide bonds. The smallest absolute Gasteiger partial charge is 0.146 e.